The second-order valence-corrected chi connectivity index (χ2v) is 7.85. The first-order valence-corrected chi connectivity index (χ1v) is 10.2. The minimum absolute atomic E-state index is 0.180. The molecule has 1 heterocycles. The minimum Gasteiger partial charge on any atom is -0.711 e. The van der Waals surface area contributed by atoms with Crippen molar-refractivity contribution in [1.82, 2.24) is 0 Å². The van der Waals surface area contributed by atoms with Crippen molar-refractivity contribution in [3.05, 3.63) is 53.4 Å². The van der Waals surface area contributed by atoms with E-state index in [-0.39, 0.29) is 11.4 Å². The van der Waals surface area contributed by atoms with Crippen molar-refractivity contribution in [3.8, 4) is 11.5 Å². The highest BCUT2D eigenvalue weighted by molar-refractivity contribution is 5.70. The van der Waals surface area contributed by atoms with E-state index in [1.54, 1.807) is 19.2 Å². The van der Waals surface area contributed by atoms with Gasteiger partial charge < -0.3 is 19.4 Å². The largest absolute Gasteiger partial charge is 0.711 e. The van der Waals surface area contributed by atoms with Crippen molar-refractivity contribution in [2.75, 3.05) is 32.2 Å². The standard InChI is InChI=1S/C23H32N2O5/c1-5-29-22(26)17-23(2,3)16-18-10-11-19(20(15-18)28-4)30-14-8-12-24-21-9-6-7-13-25(21)27/h6-7,9-11,13,15,24H,5,8,12,14,16-17H2,1-4H3. The summed E-state index contributed by atoms with van der Waals surface area (Å²) < 4.78 is 17.2. The Morgan fingerprint density at radius 2 is 2.00 bits per heavy atom. The van der Waals surface area contributed by atoms with Gasteiger partial charge in [-0.2, -0.15) is 0 Å². The number of carbonyl (C=O) groups is 1. The average Bonchev–Trinajstić information content (AvgIpc) is 2.69. The Kier molecular flexibility index (Phi) is 8.77. The maximum absolute atomic E-state index is 11.8. The van der Waals surface area contributed by atoms with Crippen LogP contribution >= 0.6 is 0 Å². The molecule has 0 atom stereocenters. The molecular formula is C23H32N2O5. The number of rotatable bonds is 12. The Morgan fingerprint density at radius 3 is 2.70 bits per heavy atom. The van der Waals surface area contributed by atoms with E-state index in [1.165, 1.54) is 6.20 Å². The lowest BCUT2D eigenvalue weighted by molar-refractivity contribution is -0.590. The minimum atomic E-state index is -0.221. The highest BCUT2D eigenvalue weighted by atomic mass is 16.5. The summed E-state index contributed by atoms with van der Waals surface area (Å²) in [7, 11) is 1.61. The van der Waals surface area contributed by atoms with Crippen molar-refractivity contribution in [2.24, 2.45) is 5.41 Å². The summed E-state index contributed by atoms with van der Waals surface area (Å²) in [6, 6.07) is 11.1. The zero-order valence-electron chi connectivity index (χ0n) is 18.3. The van der Waals surface area contributed by atoms with Crippen molar-refractivity contribution >= 4 is 11.8 Å². The summed E-state index contributed by atoms with van der Waals surface area (Å²) in [5, 5.41) is 14.7. The van der Waals surface area contributed by atoms with Crippen LogP contribution in [0.3, 0.4) is 0 Å². The van der Waals surface area contributed by atoms with E-state index < -0.39 is 0 Å². The molecule has 0 aliphatic carbocycles. The molecule has 1 N–H and O–H groups in total. The van der Waals surface area contributed by atoms with Gasteiger partial charge in [0, 0.05) is 12.5 Å². The molecule has 2 rings (SSSR count). The molecule has 0 saturated carbocycles. The number of esters is 1. The molecule has 1 aromatic carbocycles. The Hall–Kier alpha value is -2.96. The number of methoxy groups -OCH3 is 1. The van der Waals surface area contributed by atoms with Crippen LogP contribution in [-0.2, 0) is 16.0 Å². The first-order chi connectivity index (χ1) is 14.3. The Labute approximate surface area is 178 Å². The Balaban J connectivity index is 1.86. The van der Waals surface area contributed by atoms with Gasteiger partial charge in [-0.05, 0) is 42.5 Å². The van der Waals surface area contributed by atoms with E-state index in [1.807, 2.05) is 45.0 Å². The fourth-order valence-corrected chi connectivity index (χ4v) is 3.19. The molecule has 1 aromatic heterocycles. The van der Waals surface area contributed by atoms with Gasteiger partial charge in [-0.15, -0.1) is 0 Å². The van der Waals surface area contributed by atoms with Crippen LogP contribution in [0.5, 0.6) is 11.5 Å². The average molecular weight is 417 g/mol. The Bertz CT molecular complexity index is 823. The molecule has 0 spiro atoms. The molecule has 2 aromatic rings. The molecular weight excluding hydrogens is 384 g/mol. The monoisotopic (exact) mass is 416 g/mol. The van der Waals surface area contributed by atoms with E-state index in [2.05, 4.69) is 5.32 Å². The highest BCUT2D eigenvalue weighted by Crippen LogP contribution is 2.32. The molecule has 0 radical (unpaired) electrons. The highest BCUT2D eigenvalue weighted by Gasteiger charge is 2.24. The van der Waals surface area contributed by atoms with Gasteiger partial charge in [0.05, 0.1) is 39.5 Å². The lowest BCUT2D eigenvalue weighted by Crippen LogP contribution is -2.30. The quantitative estimate of drug-likeness (QED) is 0.246. The fraction of sp³-hybridized carbons (Fsp3) is 0.478. The van der Waals surface area contributed by atoms with Gasteiger partial charge in [0.25, 0.3) is 5.82 Å². The third kappa shape index (κ3) is 7.46. The van der Waals surface area contributed by atoms with Gasteiger partial charge in [-0.3, -0.25) is 10.1 Å². The molecule has 0 unspecified atom stereocenters. The summed E-state index contributed by atoms with van der Waals surface area (Å²) in [6.07, 6.45) is 3.27. The molecule has 0 fully saturated rings. The number of pyridine rings is 1. The van der Waals surface area contributed by atoms with Crippen LogP contribution in [0.15, 0.2) is 42.6 Å². The first-order valence-electron chi connectivity index (χ1n) is 10.2. The molecule has 0 saturated heterocycles. The maximum atomic E-state index is 11.8. The number of aromatic nitrogens is 1. The predicted octanol–water partition coefficient (Wildman–Crippen LogP) is 3.73. The van der Waals surface area contributed by atoms with Gasteiger partial charge in [0.2, 0.25) is 0 Å². The van der Waals surface area contributed by atoms with Crippen LogP contribution in [0.25, 0.3) is 0 Å². The van der Waals surface area contributed by atoms with Crippen LogP contribution in [0.4, 0.5) is 5.82 Å². The van der Waals surface area contributed by atoms with Crippen LogP contribution in [0.1, 0.15) is 39.2 Å². The lowest BCUT2D eigenvalue weighted by Gasteiger charge is -2.24. The molecule has 7 heteroatoms. The number of nitrogens with one attached hydrogen (secondary N) is 1. The lowest BCUT2D eigenvalue weighted by atomic mass is 9.82. The van der Waals surface area contributed by atoms with E-state index in [4.69, 9.17) is 14.2 Å². The van der Waals surface area contributed by atoms with Gasteiger partial charge in [0.1, 0.15) is 0 Å². The van der Waals surface area contributed by atoms with Crippen molar-refractivity contribution in [2.45, 2.75) is 40.0 Å². The SMILES string of the molecule is CCOC(=O)CC(C)(C)Cc1ccc(OCCCNc2cccc[n+]2[O-])c(OC)c1. The second-order valence-electron chi connectivity index (χ2n) is 7.85. The van der Waals surface area contributed by atoms with Crippen molar-refractivity contribution in [3.63, 3.8) is 0 Å². The zero-order valence-corrected chi connectivity index (χ0v) is 18.3. The van der Waals surface area contributed by atoms with Gasteiger partial charge in [-0.25, -0.2) is 4.73 Å². The van der Waals surface area contributed by atoms with Crippen LogP contribution < -0.4 is 19.5 Å². The van der Waals surface area contributed by atoms with Gasteiger partial charge in [-0.1, -0.05) is 26.0 Å². The molecule has 0 amide bonds. The molecule has 0 aliphatic heterocycles. The smallest absolute Gasteiger partial charge is 0.306 e. The summed E-state index contributed by atoms with van der Waals surface area (Å²) in [5.41, 5.74) is 0.848. The summed E-state index contributed by atoms with van der Waals surface area (Å²) >= 11 is 0. The van der Waals surface area contributed by atoms with Crippen LogP contribution in [0, 0.1) is 10.6 Å². The fourth-order valence-electron chi connectivity index (χ4n) is 3.19. The van der Waals surface area contributed by atoms with E-state index in [9.17, 15) is 10.0 Å². The number of carbonyl (C=O) groups excluding carboxylic acids is 1. The predicted molar refractivity (Wildman–Crippen MR) is 116 cm³/mol. The summed E-state index contributed by atoms with van der Waals surface area (Å²) in [6.45, 7) is 7.41. The number of nitrogens with zero attached hydrogens (tertiary/aromatic N) is 1. The number of ether oxygens (including phenoxy) is 3. The number of hydrogen-bond acceptors (Lipinski definition) is 6. The van der Waals surface area contributed by atoms with Crippen molar-refractivity contribution in [1.29, 1.82) is 0 Å². The third-order valence-corrected chi connectivity index (χ3v) is 4.55. The number of benzene rings is 1. The van der Waals surface area contributed by atoms with Crippen LogP contribution in [0.2, 0.25) is 0 Å². The third-order valence-electron chi connectivity index (χ3n) is 4.55. The van der Waals surface area contributed by atoms with Gasteiger partial charge in [0.15, 0.2) is 11.5 Å². The molecule has 164 valence electrons. The first kappa shape index (κ1) is 23.3. The van der Waals surface area contributed by atoms with Crippen molar-refractivity contribution < 1.29 is 23.7 Å². The van der Waals surface area contributed by atoms with E-state index in [0.29, 0.717) is 43.5 Å². The van der Waals surface area contributed by atoms with E-state index >= 15 is 0 Å². The Morgan fingerprint density at radius 1 is 1.20 bits per heavy atom. The maximum Gasteiger partial charge on any atom is 0.306 e. The normalized spacial score (nSPS) is 11.1. The molecule has 0 aliphatic rings. The van der Waals surface area contributed by atoms with Crippen LogP contribution in [-0.4, -0.2) is 32.8 Å². The second kappa shape index (κ2) is 11.3. The summed E-state index contributed by atoms with van der Waals surface area (Å²) in [4.78, 5) is 11.8. The molecule has 7 nitrogen and oxygen atoms in total. The topological polar surface area (TPSA) is 83.7 Å². The van der Waals surface area contributed by atoms with Gasteiger partial charge >= 0.3 is 5.97 Å². The molecule has 30 heavy (non-hydrogen) atoms. The number of anilines is 1. The zero-order chi connectivity index (χ0) is 22.0. The van der Waals surface area contributed by atoms with E-state index in [0.717, 1.165) is 23.1 Å². The summed E-state index contributed by atoms with van der Waals surface area (Å²) in [5.74, 6) is 1.67. The number of hydrogen-bond donors (Lipinski definition) is 1. The molecule has 0 bridgehead atoms.